The fraction of sp³-hybridized carbons (Fsp3) is 0.615. The van der Waals surface area contributed by atoms with Crippen LogP contribution in [-0.4, -0.2) is 40.0 Å². The molecule has 6 heteroatoms. The summed E-state index contributed by atoms with van der Waals surface area (Å²) in [5, 5.41) is 14.3. The topological polar surface area (TPSA) is 71.3 Å². The van der Waals surface area contributed by atoms with Crippen LogP contribution in [0.1, 0.15) is 25.7 Å². The highest BCUT2D eigenvalue weighted by Gasteiger charge is 2.36. The molecule has 0 bridgehead atoms. The molecule has 3 rings (SSSR count). The van der Waals surface area contributed by atoms with Gasteiger partial charge in [0.25, 0.3) is 0 Å². The molecule has 6 nitrogen and oxygen atoms in total. The number of nitro groups is 1. The van der Waals surface area contributed by atoms with Gasteiger partial charge < -0.3 is 15.4 Å². The maximum atomic E-state index is 11.0. The second-order valence-corrected chi connectivity index (χ2v) is 5.27. The maximum Gasteiger partial charge on any atom is 0.386 e. The van der Waals surface area contributed by atoms with Crippen LogP contribution in [0.4, 0.5) is 11.5 Å². The lowest BCUT2D eigenvalue weighted by atomic mass is 9.99. The van der Waals surface area contributed by atoms with Crippen molar-refractivity contribution < 1.29 is 4.92 Å². The molecule has 102 valence electrons. The summed E-state index contributed by atoms with van der Waals surface area (Å²) >= 11 is 0. The summed E-state index contributed by atoms with van der Waals surface area (Å²) in [7, 11) is 0. The first-order valence-electron chi connectivity index (χ1n) is 6.86. The number of hydrogen-bond donors (Lipinski definition) is 1. The van der Waals surface area contributed by atoms with Crippen LogP contribution in [-0.2, 0) is 0 Å². The summed E-state index contributed by atoms with van der Waals surface area (Å²) in [4.78, 5) is 16.9. The van der Waals surface area contributed by atoms with Crippen molar-refractivity contribution in [3.05, 3.63) is 28.4 Å². The Morgan fingerprint density at radius 3 is 3.11 bits per heavy atom. The summed E-state index contributed by atoms with van der Waals surface area (Å²) in [6.45, 7) is 2.26. The van der Waals surface area contributed by atoms with Crippen LogP contribution in [0.15, 0.2) is 18.3 Å². The number of hydrogen-bond acceptors (Lipinski definition) is 5. The number of nitrogens with zero attached hydrogens (tertiary/aromatic N) is 3. The van der Waals surface area contributed by atoms with Crippen molar-refractivity contribution in [2.75, 3.05) is 18.4 Å². The minimum atomic E-state index is -0.421. The van der Waals surface area contributed by atoms with Crippen LogP contribution in [0.5, 0.6) is 0 Å². The third kappa shape index (κ3) is 2.40. The van der Waals surface area contributed by atoms with Gasteiger partial charge in [0.15, 0.2) is 0 Å². The van der Waals surface area contributed by atoms with Gasteiger partial charge >= 0.3 is 5.82 Å². The first kappa shape index (κ1) is 12.3. The number of rotatable bonds is 3. The number of anilines is 1. The third-order valence-corrected chi connectivity index (χ3v) is 4.16. The van der Waals surface area contributed by atoms with E-state index in [0.29, 0.717) is 17.8 Å². The van der Waals surface area contributed by atoms with E-state index >= 15 is 0 Å². The SMILES string of the molecule is O=[N+]([O-])c1ncccc1NC1CCN2CCCCC12. The van der Waals surface area contributed by atoms with E-state index in [0.717, 1.165) is 19.5 Å². The van der Waals surface area contributed by atoms with Gasteiger partial charge in [0.2, 0.25) is 0 Å². The van der Waals surface area contributed by atoms with Crippen molar-refractivity contribution in [3.63, 3.8) is 0 Å². The second kappa shape index (κ2) is 5.13. The van der Waals surface area contributed by atoms with Gasteiger partial charge in [-0.2, -0.15) is 0 Å². The van der Waals surface area contributed by atoms with E-state index in [1.165, 1.54) is 25.5 Å². The zero-order valence-electron chi connectivity index (χ0n) is 10.8. The van der Waals surface area contributed by atoms with Crippen LogP contribution in [0.3, 0.4) is 0 Å². The summed E-state index contributed by atoms with van der Waals surface area (Å²) in [6, 6.07) is 4.32. The summed E-state index contributed by atoms with van der Waals surface area (Å²) in [5.74, 6) is -0.0724. The van der Waals surface area contributed by atoms with Gasteiger partial charge in [0.1, 0.15) is 11.9 Å². The van der Waals surface area contributed by atoms with E-state index in [4.69, 9.17) is 0 Å². The van der Waals surface area contributed by atoms with Crippen molar-refractivity contribution in [3.8, 4) is 0 Å². The fourth-order valence-corrected chi connectivity index (χ4v) is 3.27. The van der Waals surface area contributed by atoms with Gasteiger partial charge in [-0.1, -0.05) is 6.42 Å². The molecule has 1 aromatic rings. The Hall–Kier alpha value is -1.69. The van der Waals surface area contributed by atoms with E-state index < -0.39 is 4.92 Å². The van der Waals surface area contributed by atoms with Gasteiger partial charge in [-0.15, -0.1) is 0 Å². The standard InChI is InChI=1S/C13H18N4O2/c18-17(19)13-11(4-3-7-14-13)15-10-6-9-16-8-2-1-5-12(10)16/h3-4,7,10,12,15H,1-2,5-6,8-9H2. The minimum Gasteiger partial charge on any atom is -0.374 e. The molecule has 2 unspecified atom stereocenters. The van der Waals surface area contributed by atoms with Gasteiger partial charge in [0.05, 0.1) is 0 Å². The number of aromatic nitrogens is 1. The van der Waals surface area contributed by atoms with E-state index in [-0.39, 0.29) is 5.82 Å². The molecule has 2 fully saturated rings. The van der Waals surface area contributed by atoms with Gasteiger partial charge in [-0.05, 0) is 47.8 Å². The monoisotopic (exact) mass is 262 g/mol. The fourth-order valence-electron chi connectivity index (χ4n) is 3.27. The third-order valence-electron chi connectivity index (χ3n) is 4.16. The lowest BCUT2D eigenvalue weighted by Gasteiger charge is -2.32. The first-order chi connectivity index (χ1) is 9.25. The molecular formula is C13H18N4O2. The Labute approximate surface area is 112 Å². The molecule has 2 atom stereocenters. The van der Waals surface area contributed by atoms with E-state index in [2.05, 4.69) is 15.2 Å². The average molecular weight is 262 g/mol. The molecule has 0 aromatic carbocycles. The van der Waals surface area contributed by atoms with E-state index in [1.54, 1.807) is 12.1 Å². The number of fused-ring (bicyclic) bond motifs is 1. The van der Waals surface area contributed by atoms with Crippen LogP contribution >= 0.6 is 0 Å². The quantitative estimate of drug-likeness (QED) is 0.666. The smallest absolute Gasteiger partial charge is 0.374 e. The predicted octanol–water partition coefficient (Wildman–Crippen LogP) is 2.03. The molecular weight excluding hydrogens is 244 g/mol. The molecule has 2 saturated heterocycles. The largest absolute Gasteiger partial charge is 0.386 e. The Morgan fingerprint density at radius 1 is 1.37 bits per heavy atom. The molecule has 0 radical (unpaired) electrons. The van der Waals surface area contributed by atoms with Crippen molar-refractivity contribution >= 4 is 11.5 Å². The first-order valence-corrected chi connectivity index (χ1v) is 6.86. The van der Waals surface area contributed by atoms with Crippen LogP contribution in [0, 0.1) is 10.1 Å². The number of pyridine rings is 1. The normalized spacial score (nSPS) is 26.9. The summed E-state index contributed by atoms with van der Waals surface area (Å²) in [6.07, 6.45) is 6.23. The molecule has 2 aliphatic heterocycles. The lowest BCUT2D eigenvalue weighted by Crippen LogP contribution is -2.41. The van der Waals surface area contributed by atoms with Crippen LogP contribution < -0.4 is 5.32 Å². The highest BCUT2D eigenvalue weighted by atomic mass is 16.6. The number of piperidine rings is 1. The predicted molar refractivity (Wildman–Crippen MR) is 72.1 cm³/mol. The lowest BCUT2D eigenvalue weighted by molar-refractivity contribution is -0.388. The molecule has 3 heterocycles. The Bertz CT molecular complexity index is 479. The Kier molecular flexibility index (Phi) is 3.33. The molecule has 0 spiro atoms. The molecule has 1 aromatic heterocycles. The molecule has 19 heavy (non-hydrogen) atoms. The van der Waals surface area contributed by atoms with Crippen molar-refractivity contribution in [1.82, 2.24) is 9.88 Å². The average Bonchev–Trinajstić information content (AvgIpc) is 2.83. The Morgan fingerprint density at radius 2 is 2.26 bits per heavy atom. The molecule has 0 saturated carbocycles. The van der Waals surface area contributed by atoms with E-state index in [9.17, 15) is 10.1 Å². The second-order valence-electron chi connectivity index (χ2n) is 5.27. The molecule has 1 N–H and O–H groups in total. The maximum absolute atomic E-state index is 11.0. The molecule has 0 amide bonds. The zero-order chi connectivity index (χ0) is 13.2. The zero-order valence-corrected chi connectivity index (χ0v) is 10.8. The molecule has 0 aliphatic carbocycles. The highest BCUT2D eigenvalue weighted by Crippen LogP contribution is 2.31. The van der Waals surface area contributed by atoms with Crippen molar-refractivity contribution in [2.45, 2.75) is 37.8 Å². The summed E-state index contributed by atoms with van der Waals surface area (Å²) in [5.41, 5.74) is 0.546. The van der Waals surface area contributed by atoms with E-state index in [1.807, 2.05) is 0 Å². The minimum absolute atomic E-state index is 0.0724. The van der Waals surface area contributed by atoms with Crippen LogP contribution in [0.2, 0.25) is 0 Å². The van der Waals surface area contributed by atoms with Crippen molar-refractivity contribution in [1.29, 1.82) is 0 Å². The molecule has 2 aliphatic rings. The van der Waals surface area contributed by atoms with Gasteiger partial charge in [0, 0.05) is 18.6 Å². The van der Waals surface area contributed by atoms with Crippen molar-refractivity contribution in [2.24, 2.45) is 0 Å². The summed E-state index contributed by atoms with van der Waals surface area (Å²) < 4.78 is 0. The van der Waals surface area contributed by atoms with Gasteiger partial charge in [-0.3, -0.25) is 4.90 Å². The number of nitrogens with one attached hydrogen (secondary N) is 1. The highest BCUT2D eigenvalue weighted by molar-refractivity contribution is 5.57. The Balaban J connectivity index is 1.76. The van der Waals surface area contributed by atoms with Crippen LogP contribution in [0.25, 0.3) is 0 Å². The van der Waals surface area contributed by atoms with Gasteiger partial charge in [-0.25, -0.2) is 0 Å².